The summed E-state index contributed by atoms with van der Waals surface area (Å²) in [4.78, 5) is 0. The molecule has 0 radical (unpaired) electrons. The van der Waals surface area contributed by atoms with Crippen molar-refractivity contribution in [3.63, 3.8) is 0 Å². The monoisotopic (exact) mass is 195 g/mol. The summed E-state index contributed by atoms with van der Waals surface area (Å²) >= 11 is 5.84. The van der Waals surface area contributed by atoms with Gasteiger partial charge in [0.2, 0.25) is 0 Å². The Kier molecular flexibility index (Phi) is 2.20. The first kappa shape index (κ1) is 8.53. The van der Waals surface area contributed by atoms with Gasteiger partial charge in [-0.15, -0.1) is 0 Å². The molecule has 0 spiro atoms. The van der Waals surface area contributed by atoms with E-state index in [0.717, 1.165) is 22.5 Å². The molecule has 0 atom stereocenters. The molecule has 0 saturated carbocycles. The highest BCUT2D eigenvalue weighted by Crippen LogP contribution is 2.18. The fourth-order valence-corrected chi connectivity index (χ4v) is 1.54. The van der Waals surface area contributed by atoms with Crippen molar-refractivity contribution in [2.75, 3.05) is 6.54 Å². The predicted molar refractivity (Wildman–Crippen MR) is 53.8 cm³/mol. The molecule has 0 aliphatic heterocycles. The van der Waals surface area contributed by atoms with Crippen LogP contribution in [0.5, 0.6) is 0 Å². The number of nitrogens with zero attached hydrogens (tertiary/aromatic N) is 2. The fourth-order valence-electron chi connectivity index (χ4n) is 1.36. The van der Waals surface area contributed by atoms with Gasteiger partial charge in [-0.05, 0) is 18.2 Å². The Morgan fingerprint density at radius 2 is 2.31 bits per heavy atom. The van der Waals surface area contributed by atoms with Crippen LogP contribution in [-0.2, 0) is 6.54 Å². The average Bonchev–Trinajstić information content (AvgIpc) is 2.49. The number of hydrogen-bond acceptors (Lipinski definition) is 2. The zero-order valence-electron chi connectivity index (χ0n) is 7.07. The molecule has 68 valence electrons. The minimum atomic E-state index is 0.597. The highest BCUT2D eigenvalue weighted by atomic mass is 35.5. The Morgan fingerprint density at radius 3 is 3.08 bits per heavy atom. The Hall–Kier alpha value is -1.06. The van der Waals surface area contributed by atoms with E-state index in [4.69, 9.17) is 17.3 Å². The summed E-state index contributed by atoms with van der Waals surface area (Å²) in [5.74, 6) is 0. The van der Waals surface area contributed by atoms with Crippen LogP contribution >= 0.6 is 11.6 Å². The van der Waals surface area contributed by atoms with Crippen molar-refractivity contribution < 1.29 is 0 Å². The van der Waals surface area contributed by atoms with Crippen molar-refractivity contribution >= 4 is 22.5 Å². The summed E-state index contributed by atoms with van der Waals surface area (Å²) in [7, 11) is 0. The molecule has 2 rings (SSSR count). The second-order valence-electron chi connectivity index (χ2n) is 2.86. The third kappa shape index (κ3) is 1.53. The van der Waals surface area contributed by atoms with Crippen LogP contribution in [0.4, 0.5) is 0 Å². The molecule has 0 amide bonds. The van der Waals surface area contributed by atoms with Gasteiger partial charge in [0.15, 0.2) is 0 Å². The average molecular weight is 196 g/mol. The molecule has 1 heterocycles. The number of nitrogens with two attached hydrogens (primary N) is 1. The highest BCUT2D eigenvalue weighted by Gasteiger charge is 2.01. The van der Waals surface area contributed by atoms with E-state index in [-0.39, 0.29) is 0 Å². The van der Waals surface area contributed by atoms with E-state index in [2.05, 4.69) is 5.10 Å². The third-order valence-corrected chi connectivity index (χ3v) is 2.18. The fraction of sp³-hybridized carbons (Fsp3) is 0.222. The van der Waals surface area contributed by atoms with Gasteiger partial charge < -0.3 is 5.73 Å². The number of halogens is 1. The molecular formula is C9H10ClN3. The smallest absolute Gasteiger partial charge is 0.0684 e. The Bertz CT molecular complexity index is 422. The minimum absolute atomic E-state index is 0.597. The van der Waals surface area contributed by atoms with E-state index < -0.39 is 0 Å². The van der Waals surface area contributed by atoms with E-state index >= 15 is 0 Å². The number of fused-ring (bicyclic) bond motifs is 1. The molecule has 0 saturated heterocycles. The first-order chi connectivity index (χ1) is 6.31. The van der Waals surface area contributed by atoms with Gasteiger partial charge in [-0.2, -0.15) is 5.10 Å². The first-order valence-corrected chi connectivity index (χ1v) is 4.50. The number of hydrogen-bond donors (Lipinski definition) is 1. The van der Waals surface area contributed by atoms with Gasteiger partial charge in [0.1, 0.15) is 0 Å². The van der Waals surface area contributed by atoms with Crippen molar-refractivity contribution in [2.45, 2.75) is 6.54 Å². The molecular weight excluding hydrogens is 186 g/mol. The maximum absolute atomic E-state index is 5.84. The van der Waals surface area contributed by atoms with Crippen molar-refractivity contribution in [3.05, 3.63) is 29.4 Å². The van der Waals surface area contributed by atoms with Gasteiger partial charge in [-0.1, -0.05) is 11.6 Å². The lowest BCUT2D eigenvalue weighted by Crippen LogP contribution is -2.10. The molecule has 1 aromatic carbocycles. The third-order valence-electron chi connectivity index (χ3n) is 1.94. The van der Waals surface area contributed by atoms with Crippen LogP contribution in [-0.4, -0.2) is 16.3 Å². The second kappa shape index (κ2) is 3.36. The molecule has 2 N–H and O–H groups in total. The van der Waals surface area contributed by atoms with E-state index in [0.29, 0.717) is 6.54 Å². The van der Waals surface area contributed by atoms with Gasteiger partial charge in [0.25, 0.3) is 0 Å². The highest BCUT2D eigenvalue weighted by molar-refractivity contribution is 6.31. The zero-order chi connectivity index (χ0) is 9.26. The van der Waals surface area contributed by atoms with Crippen molar-refractivity contribution in [1.29, 1.82) is 0 Å². The summed E-state index contributed by atoms with van der Waals surface area (Å²) in [6, 6.07) is 5.72. The van der Waals surface area contributed by atoms with Crippen LogP contribution in [0.15, 0.2) is 24.4 Å². The Labute approximate surface area is 81.1 Å². The summed E-state index contributed by atoms with van der Waals surface area (Å²) in [5, 5.41) is 6.00. The van der Waals surface area contributed by atoms with Crippen LogP contribution in [0.3, 0.4) is 0 Å². The maximum atomic E-state index is 5.84. The molecule has 4 heteroatoms. The van der Waals surface area contributed by atoms with Crippen LogP contribution in [0, 0.1) is 0 Å². The lowest BCUT2D eigenvalue weighted by atomic mass is 10.2. The number of rotatable bonds is 2. The lowest BCUT2D eigenvalue weighted by Gasteiger charge is -1.99. The molecule has 1 aromatic heterocycles. The van der Waals surface area contributed by atoms with Crippen LogP contribution in [0.1, 0.15) is 0 Å². The summed E-state index contributed by atoms with van der Waals surface area (Å²) in [6.45, 7) is 1.34. The SMILES string of the molecule is NCCn1ncc2cc(Cl)ccc21. The molecule has 3 nitrogen and oxygen atoms in total. The van der Waals surface area contributed by atoms with Crippen LogP contribution in [0.25, 0.3) is 10.9 Å². The van der Waals surface area contributed by atoms with Gasteiger partial charge in [0.05, 0.1) is 18.3 Å². The molecule has 2 aromatic rings. The Balaban J connectivity index is 2.55. The zero-order valence-corrected chi connectivity index (χ0v) is 7.83. The maximum Gasteiger partial charge on any atom is 0.0684 e. The van der Waals surface area contributed by atoms with Crippen molar-refractivity contribution in [3.8, 4) is 0 Å². The Morgan fingerprint density at radius 1 is 1.46 bits per heavy atom. The largest absolute Gasteiger partial charge is 0.329 e. The molecule has 0 aliphatic rings. The number of benzene rings is 1. The topological polar surface area (TPSA) is 43.8 Å². The van der Waals surface area contributed by atoms with E-state index in [1.54, 1.807) is 6.20 Å². The standard InChI is InChI=1S/C9H10ClN3/c10-8-1-2-9-7(5-8)6-12-13(9)4-3-11/h1-2,5-6H,3-4,11H2. The van der Waals surface area contributed by atoms with Crippen molar-refractivity contribution in [2.24, 2.45) is 5.73 Å². The van der Waals surface area contributed by atoms with Gasteiger partial charge >= 0.3 is 0 Å². The summed E-state index contributed by atoms with van der Waals surface area (Å²) in [6.07, 6.45) is 1.80. The summed E-state index contributed by atoms with van der Waals surface area (Å²) < 4.78 is 1.88. The molecule has 0 unspecified atom stereocenters. The van der Waals surface area contributed by atoms with Crippen LogP contribution in [0.2, 0.25) is 5.02 Å². The number of aromatic nitrogens is 2. The van der Waals surface area contributed by atoms with E-state index in [9.17, 15) is 0 Å². The molecule has 0 bridgehead atoms. The normalized spacial score (nSPS) is 10.9. The van der Waals surface area contributed by atoms with Gasteiger partial charge in [0, 0.05) is 17.0 Å². The van der Waals surface area contributed by atoms with E-state index in [1.165, 1.54) is 0 Å². The van der Waals surface area contributed by atoms with Gasteiger partial charge in [-0.25, -0.2) is 0 Å². The minimum Gasteiger partial charge on any atom is -0.329 e. The molecule has 13 heavy (non-hydrogen) atoms. The van der Waals surface area contributed by atoms with Gasteiger partial charge in [-0.3, -0.25) is 4.68 Å². The quantitative estimate of drug-likeness (QED) is 0.792. The van der Waals surface area contributed by atoms with Crippen LogP contribution < -0.4 is 5.73 Å². The molecule has 0 fully saturated rings. The molecule has 0 aliphatic carbocycles. The predicted octanol–water partition coefficient (Wildman–Crippen LogP) is 1.65. The lowest BCUT2D eigenvalue weighted by molar-refractivity contribution is 0.646. The van der Waals surface area contributed by atoms with E-state index in [1.807, 2.05) is 22.9 Å². The second-order valence-corrected chi connectivity index (χ2v) is 3.30. The first-order valence-electron chi connectivity index (χ1n) is 4.12. The van der Waals surface area contributed by atoms with Crippen molar-refractivity contribution in [1.82, 2.24) is 9.78 Å². The summed E-state index contributed by atoms with van der Waals surface area (Å²) in [5.41, 5.74) is 6.53.